The van der Waals surface area contributed by atoms with Gasteiger partial charge in [0.05, 0.1) is 15.6 Å². The van der Waals surface area contributed by atoms with Crippen LogP contribution in [-0.2, 0) is 0 Å². The van der Waals surface area contributed by atoms with E-state index in [2.05, 4.69) is 16.9 Å². The number of carbonyl (C=O) groups excluding carboxylic acids is 1. The second kappa shape index (κ2) is 8.79. The van der Waals surface area contributed by atoms with Gasteiger partial charge in [0.2, 0.25) is 5.89 Å². The highest BCUT2D eigenvalue weighted by Crippen LogP contribution is 2.36. The van der Waals surface area contributed by atoms with Crippen LogP contribution >= 0.6 is 35.0 Å². The monoisotopic (exact) mass is 468 g/mol. The molecule has 0 radical (unpaired) electrons. The van der Waals surface area contributed by atoms with Gasteiger partial charge in [-0.25, -0.2) is 4.98 Å². The summed E-state index contributed by atoms with van der Waals surface area (Å²) in [6.07, 6.45) is 0. The number of amides is 1. The average Bonchev–Trinajstić information content (AvgIpc) is 3.12. The van der Waals surface area contributed by atoms with Crippen molar-refractivity contribution in [2.75, 3.05) is 5.32 Å². The molecular formula is C24H18Cl2N2O2S. The van der Waals surface area contributed by atoms with Gasteiger partial charge in [0.15, 0.2) is 5.58 Å². The fraction of sp³-hybridized carbons (Fsp3) is 0.0833. The molecule has 0 fully saturated rings. The van der Waals surface area contributed by atoms with Crippen molar-refractivity contribution in [3.63, 3.8) is 0 Å². The number of benzene rings is 3. The molecule has 1 amide bonds. The third-order valence-corrected chi connectivity index (χ3v) is 6.20. The molecule has 1 N–H and O–H groups in total. The Morgan fingerprint density at radius 3 is 2.55 bits per heavy atom. The highest BCUT2D eigenvalue weighted by Gasteiger charge is 2.17. The van der Waals surface area contributed by atoms with Crippen molar-refractivity contribution in [1.29, 1.82) is 0 Å². The first-order valence-corrected chi connectivity index (χ1v) is 11.0. The standard InChI is InChI=1S/C24H18Cl2N2O2S/c1-13(2)31-21-12-16(9-7-14(21)3)27-23(29)15-8-10-19-20(11-15)30-24(28-19)22-17(25)5-4-6-18(22)26/h4-12H,1H2,2-3H3,(H,27,29). The number of anilines is 1. The number of nitrogens with one attached hydrogen (secondary N) is 1. The predicted molar refractivity (Wildman–Crippen MR) is 129 cm³/mol. The van der Waals surface area contributed by atoms with E-state index in [1.54, 1.807) is 48.2 Å². The van der Waals surface area contributed by atoms with Crippen LogP contribution in [0.5, 0.6) is 0 Å². The summed E-state index contributed by atoms with van der Waals surface area (Å²) in [5.41, 5.74) is 3.89. The van der Waals surface area contributed by atoms with E-state index in [0.717, 1.165) is 15.4 Å². The zero-order valence-corrected chi connectivity index (χ0v) is 19.2. The van der Waals surface area contributed by atoms with E-state index < -0.39 is 0 Å². The quantitative estimate of drug-likeness (QED) is 0.301. The van der Waals surface area contributed by atoms with Crippen LogP contribution in [0.4, 0.5) is 5.69 Å². The van der Waals surface area contributed by atoms with Crippen LogP contribution in [0, 0.1) is 6.92 Å². The molecule has 0 saturated carbocycles. The molecule has 1 aromatic heterocycles. The lowest BCUT2D eigenvalue weighted by molar-refractivity contribution is 0.102. The summed E-state index contributed by atoms with van der Waals surface area (Å²) in [5.74, 6) is 0.0638. The summed E-state index contributed by atoms with van der Waals surface area (Å²) < 4.78 is 5.86. The second-order valence-electron chi connectivity index (χ2n) is 7.04. The van der Waals surface area contributed by atoms with Gasteiger partial charge in [0.1, 0.15) is 5.52 Å². The SMILES string of the molecule is C=C(C)Sc1cc(NC(=O)c2ccc3nc(-c4c(Cl)cccc4Cl)oc3c2)ccc1C. The third-order valence-electron chi connectivity index (χ3n) is 4.56. The Hall–Kier alpha value is -2.73. The number of oxazole rings is 1. The smallest absolute Gasteiger partial charge is 0.255 e. The Balaban J connectivity index is 1.62. The molecule has 1 heterocycles. The first-order chi connectivity index (χ1) is 14.8. The van der Waals surface area contributed by atoms with Gasteiger partial charge in [-0.1, -0.05) is 53.7 Å². The number of thioether (sulfide) groups is 1. The van der Waals surface area contributed by atoms with Crippen LogP contribution in [-0.4, -0.2) is 10.9 Å². The zero-order chi connectivity index (χ0) is 22.1. The minimum Gasteiger partial charge on any atom is -0.436 e. The minimum atomic E-state index is -0.245. The molecule has 0 aliphatic heterocycles. The van der Waals surface area contributed by atoms with Gasteiger partial charge in [0.25, 0.3) is 5.91 Å². The van der Waals surface area contributed by atoms with Gasteiger partial charge < -0.3 is 9.73 Å². The zero-order valence-electron chi connectivity index (χ0n) is 16.8. The molecule has 0 aliphatic carbocycles. The second-order valence-corrected chi connectivity index (χ2v) is 9.19. The Bertz CT molecular complexity index is 1310. The fourth-order valence-electron chi connectivity index (χ4n) is 3.05. The maximum Gasteiger partial charge on any atom is 0.255 e. The number of rotatable bonds is 5. The van der Waals surface area contributed by atoms with Crippen LogP contribution in [0.3, 0.4) is 0 Å². The Kier molecular flexibility index (Phi) is 6.10. The maximum atomic E-state index is 12.8. The van der Waals surface area contributed by atoms with Crippen molar-refractivity contribution in [2.45, 2.75) is 18.7 Å². The number of halogens is 2. The van der Waals surface area contributed by atoms with Crippen molar-refractivity contribution in [3.8, 4) is 11.5 Å². The Labute approximate surface area is 194 Å². The number of aromatic nitrogens is 1. The maximum absolute atomic E-state index is 12.8. The molecule has 3 aromatic carbocycles. The Morgan fingerprint density at radius 1 is 1.10 bits per heavy atom. The van der Waals surface area contributed by atoms with Gasteiger partial charge in [-0.3, -0.25) is 4.79 Å². The van der Waals surface area contributed by atoms with Crippen molar-refractivity contribution in [2.24, 2.45) is 0 Å². The summed E-state index contributed by atoms with van der Waals surface area (Å²) in [6.45, 7) is 7.91. The molecule has 0 aliphatic rings. The molecule has 4 aromatic rings. The van der Waals surface area contributed by atoms with Crippen molar-refractivity contribution < 1.29 is 9.21 Å². The number of nitrogens with zero attached hydrogens (tertiary/aromatic N) is 1. The van der Waals surface area contributed by atoms with Gasteiger partial charge >= 0.3 is 0 Å². The molecule has 31 heavy (non-hydrogen) atoms. The number of aryl methyl sites for hydroxylation is 1. The molecule has 0 unspecified atom stereocenters. The lowest BCUT2D eigenvalue weighted by Gasteiger charge is -2.10. The van der Waals surface area contributed by atoms with Gasteiger partial charge in [-0.05, 0) is 66.8 Å². The van der Waals surface area contributed by atoms with Crippen LogP contribution in [0.1, 0.15) is 22.8 Å². The van der Waals surface area contributed by atoms with Gasteiger partial charge in [0, 0.05) is 16.1 Å². The lowest BCUT2D eigenvalue weighted by atomic mass is 10.1. The number of carbonyl (C=O) groups is 1. The summed E-state index contributed by atoms with van der Waals surface area (Å²) in [7, 11) is 0. The highest BCUT2D eigenvalue weighted by molar-refractivity contribution is 8.03. The molecule has 7 heteroatoms. The topological polar surface area (TPSA) is 55.1 Å². The molecule has 4 nitrogen and oxygen atoms in total. The van der Waals surface area contributed by atoms with Crippen molar-refractivity contribution in [3.05, 3.63) is 87.3 Å². The molecular weight excluding hydrogens is 451 g/mol. The summed E-state index contributed by atoms with van der Waals surface area (Å²) in [5, 5.41) is 3.82. The largest absolute Gasteiger partial charge is 0.436 e. The van der Waals surface area contributed by atoms with Gasteiger partial charge in [-0.15, -0.1) is 0 Å². The van der Waals surface area contributed by atoms with Crippen molar-refractivity contribution in [1.82, 2.24) is 4.98 Å². The third kappa shape index (κ3) is 4.64. The molecule has 156 valence electrons. The number of fused-ring (bicyclic) bond motifs is 1. The fourth-order valence-corrected chi connectivity index (χ4v) is 4.40. The van der Waals surface area contributed by atoms with Gasteiger partial charge in [-0.2, -0.15) is 0 Å². The van der Waals surface area contributed by atoms with E-state index in [0.29, 0.717) is 43.9 Å². The number of hydrogen-bond acceptors (Lipinski definition) is 4. The van der Waals surface area contributed by atoms with Crippen LogP contribution < -0.4 is 5.32 Å². The summed E-state index contributed by atoms with van der Waals surface area (Å²) in [4.78, 5) is 19.3. The lowest BCUT2D eigenvalue weighted by Crippen LogP contribution is -2.11. The van der Waals surface area contributed by atoms with E-state index in [1.807, 2.05) is 32.0 Å². The summed E-state index contributed by atoms with van der Waals surface area (Å²) in [6, 6.07) is 16.1. The molecule has 0 bridgehead atoms. The van der Waals surface area contributed by atoms with E-state index in [9.17, 15) is 4.79 Å². The van der Waals surface area contributed by atoms with Crippen LogP contribution in [0.15, 0.2) is 75.4 Å². The number of hydrogen-bond donors (Lipinski definition) is 1. The molecule has 0 saturated heterocycles. The first-order valence-electron chi connectivity index (χ1n) is 9.42. The van der Waals surface area contributed by atoms with E-state index in [4.69, 9.17) is 27.6 Å². The Morgan fingerprint density at radius 2 is 1.84 bits per heavy atom. The highest BCUT2D eigenvalue weighted by atomic mass is 35.5. The number of allylic oxidation sites excluding steroid dienone is 1. The van der Waals surface area contributed by atoms with Crippen molar-refractivity contribution >= 4 is 57.7 Å². The van der Waals surface area contributed by atoms with E-state index >= 15 is 0 Å². The van der Waals surface area contributed by atoms with Crippen LogP contribution in [0.25, 0.3) is 22.6 Å². The molecule has 0 spiro atoms. The predicted octanol–water partition coefficient (Wildman–Crippen LogP) is 7.99. The summed E-state index contributed by atoms with van der Waals surface area (Å²) >= 11 is 14.1. The normalized spacial score (nSPS) is 11.0. The van der Waals surface area contributed by atoms with E-state index in [-0.39, 0.29) is 5.91 Å². The molecule has 0 atom stereocenters. The average molecular weight is 469 g/mol. The molecule has 4 rings (SSSR count). The minimum absolute atomic E-state index is 0.245. The van der Waals surface area contributed by atoms with E-state index in [1.165, 1.54) is 0 Å². The first kappa shape index (κ1) is 21.5. The van der Waals surface area contributed by atoms with Crippen LogP contribution in [0.2, 0.25) is 10.0 Å².